The van der Waals surface area contributed by atoms with Crippen molar-refractivity contribution < 1.29 is 72.3 Å². The molecule has 0 spiro atoms. The van der Waals surface area contributed by atoms with Crippen LogP contribution in [0.1, 0.15) is 344 Å². The number of nitrogens with two attached hydrogens (primary N) is 2. The Morgan fingerprint density at radius 1 is 0.510 bits per heavy atom. The highest BCUT2D eigenvalue weighted by Gasteiger charge is 2.51. The molecule has 147 heavy (non-hydrogen) atoms. The molecule has 27 heteroatoms. The molecule has 0 unspecified atom stereocenters. The van der Waals surface area contributed by atoms with Crippen LogP contribution in [-0.4, -0.2) is 185 Å². The fourth-order valence-electron chi connectivity index (χ4n) is 19.6. The van der Waals surface area contributed by atoms with Crippen LogP contribution in [0.15, 0.2) is 120 Å². The Balaban J connectivity index is 0.000000382. The summed E-state index contributed by atoms with van der Waals surface area (Å²) in [5.74, 6) is 7.61. The van der Waals surface area contributed by atoms with Crippen molar-refractivity contribution in [2.45, 2.75) is 415 Å². The number of ketones is 1. The lowest BCUT2D eigenvalue weighted by atomic mass is 9.48. The summed E-state index contributed by atoms with van der Waals surface area (Å²) in [4.78, 5) is 112. The largest absolute Gasteiger partial charge is 0.444 e. The average molecular weight is 2070 g/mol. The van der Waals surface area contributed by atoms with Gasteiger partial charge in [-0.25, -0.2) is 19.4 Å². The average Bonchev–Trinajstić information content (AvgIpc) is 1.54. The Labute approximate surface area is 891 Å². The molecule has 4 aliphatic carbocycles. The molecule has 5 aromatic rings. The first-order chi connectivity index (χ1) is 68.4. The second kappa shape index (κ2) is 63.6. The zero-order valence-corrected chi connectivity index (χ0v) is 97.4. The fourth-order valence-corrected chi connectivity index (χ4v) is 20.5. The molecule has 11 atom stereocenters. The van der Waals surface area contributed by atoms with E-state index < -0.39 is 76.9 Å². The van der Waals surface area contributed by atoms with Crippen LogP contribution in [0.5, 0.6) is 0 Å². The minimum Gasteiger partial charge on any atom is -0.444 e. The number of benzene rings is 4. The number of likely N-dealkylation sites (tertiary alicyclic amines) is 1. The molecule has 5 fully saturated rings. The van der Waals surface area contributed by atoms with Gasteiger partial charge in [-0.1, -0.05) is 268 Å². The predicted molar refractivity (Wildman–Crippen MR) is 600 cm³/mol. The first-order valence-corrected chi connectivity index (χ1v) is 55.7. The number of nitrogens with one attached hydrogen (secondary N) is 6. The highest BCUT2D eigenvalue weighted by Crippen LogP contribution is 2.62. The lowest BCUT2D eigenvalue weighted by Crippen LogP contribution is -2.57. The smallest absolute Gasteiger partial charge is 0.414 e. The number of amides is 7. The standard InChI is InChI=1S/C32H47N3O5S.C23H44N4O6.2C18H30N2O2.C15H24.C14H24/c1-21(2)18-39-14-15-40-19-28(37)34-30(32(5,6)7)31(38)35-17-22(3)16-26(35)27(36)13-10-24-8-11-25(12-9-24)29-23(4)33-20-41-29;1-15(2)16(25-18(28)31-21(3,4)5)13-12-14-24-17(26-19(29)32-22(6,7)8)27-20(30)33-23(9,10)11;2*1-12(2)10-16(13(3)4)20-18(22)17(21)15(19)11-14-8-6-5-7-9-14;1-11(2)10-14-6-8-15(9-7-14)13(5)12(3)4;1-10(2)6-14-7-11-3-12(8-14)5-13(4-11)9-14/h8-9,11-12,20-22,26,30H,10,13-19H2,1-7H3,(H,34,37);15-16H,12-14H2,1-11H3,(H,25,28)(H2,24,26,27,29,30);2*5-9,12-13,15-17,21H,10-11,19H2,1-4H3,(H,20,22);6-9,11-13H,10H2,1-5H3;10-13H,3-9H2,1-2H3/t22-,26+,30-;16-;2*15-,16+,17+;13-;/m10101./s1. The number of carbonyl (C=O) groups excluding carboxylic acids is 8. The number of ether oxygens (including phenoxy) is 5. The van der Waals surface area contributed by atoms with Crippen molar-refractivity contribution in [2.24, 2.45) is 104 Å². The second-order valence-corrected chi connectivity index (χ2v) is 50.6. The van der Waals surface area contributed by atoms with Gasteiger partial charge in [-0.05, 0) is 299 Å². The van der Waals surface area contributed by atoms with Gasteiger partial charge in [0.25, 0.3) is 11.8 Å². The van der Waals surface area contributed by atoms with Gasteiger partial charge in [-0.3, -0.25) is 39.6 Å². The number of thiazole rings is 1. The minimum absolute atomic E-state index is 0.0612. The lowest BCUT2D eigenvalue weighted by Gasteiger charge is -2.57. The Bertz CT molecular complexity index is 4520. The van der Waals surface area contributed by atoms with E-state index in [0.717, 1.165) is 86.6 Å². The van der Waals surface area contributed by atoms with E-state index in [1.807, 2.05) is 128 Å². The molecule has 4 aromatic carbocycles. The molecular weight excluding hydrogens is 1870 g/mol. The molecule has 830 valence electrons. The van der Waals surface area contributed by atoms with Crippen molar-refractivity contribution in [3.8, 4) is 10.4 Å². The van der Waals surface area contributed by atoms with Crippen LogP contribution in [0, 0.1) is 94.7 Å². The number of aliphatic imine (C=N–C) groups is 1. The summed E-state index contributed by atoms with van der Waals surface area (Å²) < 4.78 is 26.7. The fraction of sp³-hybridized carbons (Fsp3) is 0.700. The third-order valence-electron chi connectivity index (χ3n) is 26.8. The quantitative estimate of drug-likeness (QED) is 0.00751. The minimum atomic E-state index is -1.19. The first-order valence-electron chi connectivity index (χ1n) is 54.9. The Hall–Kier alpha value is -8.70. The molecule has 2 heterocycles. The van der Waals surface area contributed by atoms with E-state index in [0.29, 0.717) is 113 Å². The monoisotopic (exact) mass is 2070 g/mol. The van der Waals surface area contributed by atoms with Gasteiger partial charge in [0.15, 0.2) is 5.78 Å². The zero-order valence-electron chi connectivity index (χ0n) is 96.6. The predicted octanol–water partition coefficient (Wildman–Crippen LogP) is 22.9. The highest BCUT2D eigenvalue weighted by atomic mass is 32.1. The number of aliphatic hydroxyl groups excluding tert-OH is 2. The number of nitrogens with zero attached hydrogens (tertiary/aromatic N) is 3. The number of carbonyl (C=O) groups is 8. The van der Waals surface area contributed by atoms with E-state index in [9.17, 15) is 48.6 Å². The van der Waals surface area contributed by atoms with Gasteiger partial charge in [0, 0.05) is 56.3 Å². The number of rotatable bonds is 42. The molecule has 7 amide bonds. The summed E-state index contributed by atoms with van der Waals surface area (Å²) in [5, 5.41) is 36.9. The molecular formula is C120H199N11O15S. The van der Waals surface area contributed by atoms with Crippen molar-refractivity contribution in [3.63, 3.8) is 0 Å². The summed E-state index contributed by atoms with van der Waals surface area (Å²) in [6.45, 7) is 68.8. The van der Waals surface area contributed by atoms with Gasteiger partial charge in [0.05, 0.1) is 35.3 Å². The molecule has 26 nitrogen and oxygen atoms in total. The summed E-state index contributed by atoms with van der Waals surface area (Å²) in [7, 11) is 0. The van der Waals surface area contributed by atoms with Crippen LogP contribution in [0.2, 0.25) is 0 Å². The maximum absolute atomic E-state index is 13.8. The van der Waals surface area contributed by atoms with Crippen LogP contribution in [0.25, 0.3) is 10.4 Å². The number of aliphatic hydroxyl groups is 2. The van der Waals surface area contributed by atoms with Crippen molar-refractivity contribution in [2.75, 3.05) is 39.5 Å². The molecule has 12 N–H and O–H groups in total. The third-order valence-corrected chi connectivity index (χ3v) is 27.8. The van der Waals surface area contributed by atoms with Gasteiger partial charge in [-0.2, -0.15) is 0 Å². The number of hydrogen-bond donors (Lipinski definition) is 10. The van der Waals surface area contributed by atoms with Gasteiger partial charge >= 0.3 is 18.3 Å². The van der Waals surface area contributed by atoms with Crippen LogP contribution in [0.4, 0.5) is 14.4 Å². The van der Waals surface area contributed by atoms with Crippen molar-refractivity contribution >= 4 is 65.0 Å². The van der Waals surface area contributed by atoms with E-state index in [2.05, 4.69) is 215 Å². The van der Waals surface area contributed by atoms with E-state index in [4.69, 9.17) is 35.2 Å². The highest BCUT2D eigenvalue weighted by molar-refractivity contribution is 7.13. The number of aromatic nitrogens is 1. The summed E-state index contributed by atoms with van der Waals surface area (Å²) >= 11 is 1.62. The summed E-state index contributed by atoms with van der Waals surface area (Å²) in [6, 6.07) is 34.3. The molecule has 1 aromatic heterocycles. The van der Waals surface area contributed by atoms with Crippen LogP contribution in [-0.2, 0) is 73.3 Å². The number of Topliss-reactive ketones (excluding diaryl/α,β-unsaturated/α-hetero) is 1. The molecule has 10 rings (SSSR count). The van der Waals surface area contributed by atoms with Gasteiger partial charge in [-0.15, -0.1) is 11.3 Å². The van der Waals surface area contributed by atoms with Gasteiger partial charge in [0.1, 0.15) is 41.7 Å². The molecule has 5 aliphatic rings. The van der Waals surface area contributed by atoms with Crippen molar-refractivity contribution in [3.05, 3.63) is 148 Å². The van der Waals surface area contributed by atoms with Gasteiger partial charge < -0.3 is 71.5 Å². The van der Waals surface area contributed by atoms with Crippen molar-refractivity contribution in [1.29, 1.82) is 0 Å². The number of guanidine groups is 1. The van der Waals surface area contributed by atoms with E-state index in [-0.39, 0.29) is 71.9 Å². The normalized spacial score (nSPS) is 18.8. The van der Waals surface area contributed by atoms with Crippen LogP contribution in [0.3, 0.4) is 0 Å². The van der Waals surface area contributed by atoms with Gasteiger partial charge in [0.2, 0.25) is 17.8 Å². The third kappa shape index (κ3) is 52.3. The summed E-state index contributed by atoms with van der Waals surface area (Å²) in [5.41, 5.74) is 20.3. The first kappa shape index (κ1) is 131. The lowest BCUT2D eigenvalue weighted by molar-refractivity contribution is -0.144. The Kier molecular flexibility index (Phi) is 56.5. The van der Waals surface area contributed by atoms with E-state index in [1.165, 1.54) is 24.0 Å². The number of aryl methyl sites for hydroxylation is 2. The van der Waals surface area contributed by atoms with Crippen LogP contribution < -0.4 is 43.4 Å². The summed E-state index contributed by atoms with van der Waals surface area (Å²) in [6.07, 6.45) is 13.5. The number of alkyl carbamates (subject to hydrolysis) is 3. The molecule has 4 bridgehead atoms. The molecule has 4 saturated carbocycles. The second-order valence-electron chi connectivity index (χ2n) is 49.8. The van der Waals surface area contributed by atoms with Crippen LogP contribution >= 0.6 is 11.3 Å². The molecule has 1 saturated heterocycles. The van der Waals surface area contributed by atoms with Crippen molar-refractivity contribution in [1.82, 2.24) is 41.8 Å². The molecule has 1 aliphatic heterocycles. The Morgan fingerprint density at radius 3 is 1.35 bits per heavy atom. The van der Waals surface area contributed by atoms with E-state index >= 15 is 0 Å². The maximum atomic E-state index is 13.8. The van der Waals surface area contributed by atoms with E-state index in [1.54, 1.807) is 96.3 Å². The SMILES string of the molecule is CC(C)CC12CC3CC(CC(C3)C1)C2.CC(C)C[C@@H](NC(=O)[C@H](O)[C@@H](N)Cc1ccccc1)C(C)C.CC(C)C[C@H](NC(=O)[C@@H](O)[C@H](N)Cc1ccccc1)C(C)C.CC(C)Cc1ccc([C@H](C)C(C)C)cc1.CC(C)[C@H](CCCN=C(NC(=O)OC(C)(C)C)NC(=O)OC(C)(C)C)NC(=O)OC(C)(C)C.Cc1ncsc1-c1ccc(CCC(=O)[C@@H]2C[C@@H](C)CN2C(=O)[C@@H](NC(=O)COCCOCC(C)C)C(C)(C)C)cc1. The molecule has 0 radical (unpaired) electrons. The Morgan fingerprint density at radius 2 is 0.952 bits per heavy atom. The topological polar surface area (TPSA) is 376 Å². The zero-order chi connectivity index (χ0) is 111. The number of hydrogen-bond acceptors (Lipinski definition) is 20. The maximum Gasteiger partial charge on any atom is 0.414 e.